The Hall–Kier alpha value is -4.11. The van der Waals surface area contributed by atoms with Gasteiger partial charge in [0.15, 0.2) is 5.58 Å². The van der Waals surface area contributed by atoms with Crippen LogP contribution >= 0.6 is 0 Å². The van der Waals surface area contributed by atoms with Gasteiger partial charge in [0.05, 0.1) is 11.0 Å². The fourth-order valence-corrected chi connectivity index (χ4v) is 4.83. The lowest BCUT2D eigenvalue weighted by Crippen LogP contribution is -1.93. The van der Waals surface area contributed by atoms with Crippen molar-refractivity contribution in [1.82, 2.24) is 9.55 Å². The van der Waals surface area contributed by atoms with Gasteiger partial charge in [-0.05, 0) is 30.3 Å². The van der Waals surface area contributed by atoms with Crippen LogP contribution in [-0.2, 0) is 0 Å². The van der Waals surface area contributed by atoms with Gasteiger partial charge in [0.2, 0.25) is 0 Å². The van der Waals surface area contributed by atoms with Gasteiger partial charge >= 0.3 is 0 Å². The van der Waals surface area contributed by atoms with E-state index in [2.05, 4.69) is 71.3 Å². The maximum atomic E-state index is 6.52. The first kappa shape index (κ1) is 15.8. The van der Waals surface area contributed by atoms with E-state index in [1.807, 2.05) is 30.5 Å². The lowest BCUT2D eigenvalue weighted by molar-refractivity contribution is 0.671. The summed E-state index contributed by atoms with van der Waals surface area (Å²) in [4.78, 5) is 4.85. The number of para-hydroxylation sites is 3. The molecule has 0 spiro atoms. The predicted octanol–water partition coefficient (Wildman–Crippen LogP) is 7.23. The molecule has 0 aliphatic rings. The topological polar surface area (TPSA) is 31.0 Å². The Morgan fingerprint density at radius 2 is 1.37 bits per heavy atom. The van der Waals surface area contributed by atoms with Gasteiger partial charge in [-0.1, -0.05) is 60.7 Å². The van der Waals surface area contributed by atoms with Crippen LogP contribution in [-0.4, -0.2) is 9.55 Å². The van der Waals surface area contributed by atoms with E-state index in [4.69, 9.17) is 9.40 Å². The quantitative estimate of drug-likeness (QED) is 0.299. The second kappa shape index (κ2) is 5.71. The largest absolute Gasteiger partial charge is 0.454 e. The Bertz CT molecular complexity index is 1740. The van der Waals surface area contributed by atoms with Crippen molar-refractivity contribution < 1.29 is 4.42 Å². The molecule has 140 valence electrons. The summed E-state index contributed by atoms with van der Waals surface area (Å²) in [6.07, 6.45) is 1.88. The second-order valence-corrected chi connectivity index (χ2v) is 7.61. The van der Waals surface area contributed by atoms with Crippen LogP contribution in [0.2, 0.25) is 0 Å². The highest BCUT2D eigenvalue weighted by Gasteiger charge is 2.22. The molecule has 0 fully saturated rings. The lowest BCUT2D eigenvalue weighted by atomic mass is 10.0. The molecule has 7 rings (SSSR count). The molecule has 0 amide bonds. The Kier molecular flexibility index (Phi) is 3.00. The fourth-order valence-electron chi connectivity index (χ4n) is 4.83. The molecule has 0 aliphatic carbocycles. The van der Waals surface area contributed by atoms with Crippen LogP contribution in [0.3, 0.4) is 0 Å². The Morgan fingerprint density at radius 1 is 0.633 bits per heavy atom. The molecule has 30 heavy (non-hydrogen) atoms. The molecule has 0 bridgehead atoms. The summed E-state index contributed by atoms with van der Waals surface area (Å²) in [5, 5.41) is 5.69. The van der Waals surface area contributed by atoms with E-state index in [-0.39, 0.29) is 0 Å². The average Bonchev–Trinajstić information content (AvgIpc) is 3.36. The number of furan rings is 1. The highest BCUT2D eigenvalue weighted by Crippen LogP contribution is 2.44. The molecule has 0 aliphatic heterocycles. The zero-order valence-electron chi connectivity index (χ0n) is 16.0. The molecule has 3 heteroatoms. The summed E-state index contributed by atoms with van der Waals surface area (Å²) in [5.41, 5.74) is 6.15. The first-order valence-electron chi connectivity index (χ1n) is 10.1. The van der Waals surface area contributed by atoms with E-state index in [0.717, 1.165) is 54.9 Å². The van der Waals surface area contributed by atoms with E-state index < -0.39 is 0 Å². The molecule has 0 radical (unpaired) electrons. The van der Waals surface area contributed by atoms with Crippen molar-refractivity contribution in [3.05, 3.63) is 97.2 Å². The van der Waals surface area contributed by atoms with Gasteiger partial charge in [0, 0.05) is 38.8 Å². The first-order valence-corrected chi connectivity index (χ1v) is 10.1. The third kappa shape index (κ3) is 1.91. The normalized spacial score (nSPS) is 12.0. The van der Waals surface area contributed by atoms with Crippen LogP contribution in [0, 0.1) is 0 Å². The van der Waals surface area contributed by atoms with E-state index in [1.165, 1.54) is 5.39 Å². The molecule has 4 aromatic carbocycles. The first-order chi connectivity index (χ1) is 14.9. The van der Waals surface area contributed by atoms with Crippen LogP contribution < -0.4 is 0 Å². The van der Waals surface area contributed by atoms with Crippen LogP contribution in [0.5, 0.6) is 0 Å². The van der Waals surface area contributed by atoms with E-state index in [9.17, 15) is 0 Å². The van der Waals surface area contributed by atoms with Gasteiger partial charge in [-0.3, -0.25) is 4.98 Å². The standard InChI is InChI=1S/C27H16N2O/c1-2-9-17(10-3-1)29-21-14-6-4-11-18(21)24-25-20(13-8-16-28-25)23-19-12-5-7-15-22(19)30-27(23)26(24)29/h1-16H. The molecule has 7 aromatic rings. The highest BCUT2D eigenvalue weighted by molar-refractivity contribution is 6.34. The third-order valence-corrected chi connectivity index (χ3v) is 6.01. The SMILES string of the molecule is c1ccc(-n2c3ccccc3c3c4ncccc4c4c5ccccc5oc4c32)cc1. The summed E-state index contributed by atoms with van der Waals surface area (Å²) in [7, 11) is 0. The van der Waals surface area contributed by atoms with Gasteiger partial charge in [-0.2, -0.15) is 0 Å². The molecule has 0 saturated carbocycles. The summed E-state index contributed by atoms with van der Waals surface area (Å²) < 4.78 is 8.83. The summed E-state index contributed by atoms with van der Waals surface area (Å²) in [6.45, 7) is 0. The lowest BCUT2D eigenvalue weighted by Gasteiger charge is -2.08. The fraction of sp³-hybridized carbons (Fsp3) is 0. The molecule has 3 heterocycles. The minimum atomic E-state index is 0.898. The van der Waals surface area contributed by atoms with Crippen LogP contribution in [0.25, 0.3) is 60.3 Å². The molecule has 3 nitrogen and oxygen atoms in total. The smallest absolute Gasteiger partial charge is 0.160 e. The van der Waals surface area contributed by atoms with Crippen molar-refractivity contribution in [2.45, 2.75) is 0 Å². The monoisotopic (exact) mass is 384 g/mol. The van der Waals surface area contributed by atoms with Gasteiger partial charge in [-0.25, -0.2) is 0 Å². The van der Waals surface area contributed by atoms with E-state index in [1.54, 1.807) is 0 Å². The van der Waals surface area contributed by atoms with Crippen molar-refractivity contribution in [3.63, 3.8) is 0 Å². The number of hydrogen-bond acceptors (Lipinski definition) is 2. The number of benzene rings is 4. The summed E-state index contributed by atoms with van der Waals surface area (Å²) in [5.74, 6) is 0. The minimum Gasteiger partial charge on any atom is -0.454 e. The van der Waals surface area contributed by atoms with E-state index in [0.29, 0.717) is 0 Å². The molecule has 0 atom stereocenters. The maximum absolute atomic E-state index is 6.52. The number of hydrogen-bond donors (Lipinski definition) is 0. The van der Waals surface area contributed by atoms with Gasteiger partial charge in [0.25, 0.3) is 0 Å². The van der Waals surface area contributed by atoms with Crippen molar-refractivity contribution in [2.24, 2.45) is 0 Å². The zero-order chi connectivity index (χ0) is 19.7. The van der Waals surface area contributed by atoms with E-state index >= 15 is 0 Å². The Labute approximate surface area is 171 Å². The molecule has 0 saturated heterocycles. The number of nitrogens with zero attached hydrogens (tertiary/aromatic N) is 2. The molecular formula is C27H16N2O. The average molecular weight is 384 g/mol. The van der Waals surface area contributed by atoms with Gasteiger partial charge in [-0.15, -0.1) is 0 Å². The number of aromatic nitrogens is 2. The van der Waals surface area contributed by atoms with Crippen molar-refractivity contribution >= 4 is 54.6 Å². The third-order valence-electron chi connectivity index (χ3n) is 6.01. The second-order valence-electron chi connectivity index (χ2n) is 7.61. The van der Waals surface area contributed by atoms with Crippen LogP contribution in [0.15, 0.2) is 102 Å². The van der Waals surface area contributed by atoms with Crippen molar-refractivity contribution in [2.75, 3.05) is 0 Å². The van der Waals surface area contributed by atoms with Crippen LogP contribution in [0.1, 0.15) is 0 Å². The van der Waals surface area contributed by atoms with Gasteiger partial charge < -0.3 is 8.98 Å². The highest BCUT2D eigenvalue weighted by atomic mass is 16.3. The Balaban J connectivity index is 1.89. The number of fused-ring (bicyclic) bond motifs is 10. The molecule has 0 N–H and O–H groups in total. The van der Waals surface area contributed by atoms with Crippen LogP contribution in [0.4, 0.5) is 0 Å². The van der Waals surface area contributed by atoms with Gasteiger partial charge in [0.1, 0.15) is 11.1 Å². The Morgan fingerprint density at radius 3 is 2.27 bits per heavy atom. The molecule has 3 aromatic heterocycles. The zero-order valence-corrected chi connectivity index (χ0v) is 16.0. The molecule has 0 unspecified atom stereocenters. The number of pyridine rings is 1. The predicted molar refractivity (Wildman–Crippen MR) is 123 cm³/mol. The van der Waals surface area contributed by atoms with Crippen molar-refractivity contribution in [3.8, 4) is 5.69 Å². The minimum absolute atomic E-state index is 0.898. The summed E-state index contributed by atoms with van der Waals surface area (Å²) in [6, 6.07) is 31.4. The summed E-state index contributed by atoms with van der Waals surface area (Å²) >= 11 is 0. The number of rotatable bonds is 1. The van der Waals surface area contributed by atoms with Crippen molar-refractivity contribution in [1.29, 1.82) is 0 Å². The maximum Gasteiger partial charge on any atom is 0.160 e. The molecular weight excluding hydrogens is 368 g/mol.